The summed E-state index contributed by atoms with van der Waals surface area (Å²) in [5, 5.41) is 0. The average Bonchev–Trinajstić information content (AvgIpc) is 2.31. The van der Waals surface area contributed by atoms with Crippen molar-refractivity contribution in [3.05, 3.63) is 22.0 Å². The first-order chi connectivity index (χ1) is 7.78. The highest BCUT2D eigenvalue weighted by Crippen LogP contribution is 2.50. The zero-order chi connectivity index (χ0) is 12.2. The molecule has 16 heavy (non-hydrogen) atoms. The first-order valence-corrected chi connectivity index (χ1v) is 10.6. The molecule has 0 aromatic rings. The summed E-state index contributed by atoms with van der Waals surface area (Å²) < 4.78 is 0. The summed E-state index contributed by atoms with van der Waals surface area (Å²) in [6, 6.07) is 0. The van der Waals surface area contributed by atoms with E-state index < -0.39 is 0 Å². The van der Waals surface area contributed by atoms with Crippen molar-refractivity contribution in [1.29, 1.82) is 0 Å². The molecule has 0 aromatic carbocycles. The Morgan fingerprint density at radius 1 is 0.812 bits per heavy atom. The van der Waals surface area contributed by atoms with Gasteiger partial charge in [0.05, 0.1) is 0 Å². The molecule has 0 nitrogen and oxygen atoms in total. The molecule has 0 spiro atoms. The third-order valence-electron chi connectivity index (χ3n) is 1.95. The Morgan fingerprint density at radius 2 is 1.19 bits per heavy atom. The molecular formula is C12H22S4. The van der Waals surface area contributed by atoms with E-state index >= 15 is 0 Å². The summed E-state index contributed by atoms with van der Waals surface area (Å²) in [4.78, 5) is 3.00. The van der Waals surface area contributed by atoms with E-state index in [9.17, 15) is 0 Å². The lowest BCUT2D eigenvalue weighted by Gasteiger charge is -2.05. The van der Waals surface area contributed by atoms with Crippen molar-refractivity contribution in [3.63, 3.8) is 0 Å². The molecular weight excluding hydrogens is 272 g/mol. The molecule has 0 unspecified atom stereocenters. The largest absolute Gasteiger partial charge is 0.0772 e. The minimum Gasteiger partial charge on any atom is -0.0772 e. The maximum absolute atomic E-state index is 2.23. The summed E-state index contributed by atoms with van der Waals surface area (Å²) in [5.74, 6) is 0. The van der Waals surface area contributed by atoms with Crippen LogP contribution in [0, 0.1) is 0 Å². The standard InChI is InChI=1S/C12H22S4/c1-5-9-11(7-3)13-15-16-14-12(8-4)10-6-2/h7-8H,5-6,9-10H2,1-4H3/b11-7-,12-8?. The lowest BCUT2D eigenvalue weighted by molar-refractivity contribution is 0.946. The van der Waals surface area contributed by atoms with E-state index in [1.807, 2.05) is 41.2 Å². The molecule has 0 saturated carbocycles. The zero-order valence-corrected chi connectivity index (χ0v) is 13.9. The molecule has 0 aromatic heterocycles. The van der Waals surface area contributed by atoms with Crippen molar-refractivity contribution in [2.75, 3.05) is 0 Å². The van der Waals surface area contributed by atoms with Crippen LogP contribution in [0.1, 0.15) is 53.4 Å². The second kappa shape index (κ2) is 12.3. The minimum atomic E-state index is 1.21. The number of allylic oxidation sites excluding steroid dienone is 4. The van der Waals surface area contributed by atoms with E-state index in [2.05, 4.69) is 39.8 Å². The fourth-order valence-electron chi connectivity index (χ4n) is 1.08. The van der Waals surface area contributed by atoms with Crippen molar-refractivity contribution < 1.29 is 0 Å². The summed E-state index contributed by atoms with van der Waals surface area (Å²) in [6.07, 6.45) is 9.36. The quantitative estimate of drug-likeness (QED) is 0.329. The maximum Gasteiger partial charge on any atom is -0.00761 e. The maximum atomic E-state index is 2.23. The first-order valence-electron chi connectivity index (χ1n) is 5.76. The highest BCUT2D eigenvalue weighted by Gasteiger charge is 2.00. The van der Waals surface area contributed by atoms with Crippen LogP contribution in [0.2, 0.25) is 0 Å². The third-order valence-corrected chi connectivity index (χ3v) is 8.53. The minimum absolute atomic E-state index is 1.21. The van der Waals surface area contributed by atoms with Gasteiger partial charge in [0.2, 0.25) is 0 Å². The van der Waals surface area contributed by atoms with Crippen LogP contribution >= 0.6 is 41.2 Å². The second-order valence-electron chi connectivity index (χ2n) is 3.31. The second-order valence-corrected chi connectivity index (χ2v) is 9.23. The molecule has 4 heteroatoms. The van der Waals surface area contributed by atoms with Crippen LogP contribution < -0.4 is 0 Å². The molecule has 0 heterocycles. The summed E-state index contributed by atoms with van der Waals surface area (Å²) in [7, 11) is 7.58. The number of rotatable bonds is 9. The first kappa shape index (κ1) is 16.9. The van der Waals surface area contributed by atoms with E-state index in [0.717, 1.165) is 0 Å². The third kappa shape index (κ3) is 8.97. The van der Waals surface area contributed by atoms with E-state index in [-0.39, 0.29) is 0 Å². The SMILES string of the molecule is CC=C(CCC)SSSS/C(=C\C)CCC. The summed E-state index contributed by atoms with van der Waals surface area (Å²) >= 11 is 0. The molecule has 0 rings (SSSR count). The van der Waals surface area contributed by atoms with Crippen LogP contribution in [0.5, 0.6) is 0 Å². The van der Waals surface area contributed by atoms with Gasteiger partial charge in [-0.25, -0.2) is 0 Å². The van der Waals surface area contributed by atoms with Crippen molar-refractivity contribution >= 4 is 41.2 Å². The van der Waals surface area contributed by atoms with E-state index in [0.29, 0.717) is 0 Å². The van der Waals surface area contributed by atoms with Gasteiger partial charge in [0, 0.05) is 0 Å². The fourth-order valence-corrected chi connectivity index (χ4v) is 7.42. The fraction of sp³-hybridized carbons (Fsp3) is 0.667. The molecule has 0 atom stereocenters. The molecule has 0 aliphatic heterocycles. The molecule has 0 aliphatic rings. The van der Waals surface area contributed by atoms with Gasteiger partial charge in [-0.3, -0.25) is 0 Å². The van der Waals surface area contributed by atoms with Crippen LogP contribution in [-0.4, -0.2) is 0 Å². The Hall–Kier alpha value is 0.880. The average molecular weight is 295 g/mol. The van der Waals surface area contributed by atoms with Gasteiger partial charge >= 0.3 is 0 Å². The molecule has 0 amide bonds. The van der Waals surface area contributed by atoms with Crippen LogP contribution in [0.4, 0.5) is 0 Å². The van der Waals surface area contributed by atoms with Crippen molar-refractivity contribution in [3.8, 4) is 0 Å². The van der Waals surface area contributed by atoms with Crippen LogP contribution in [0.3, 0.4) is 0 Å². The van der Waals surface area contributed by atoms with Gasteiger partial charge in [-0.15, -0.1) is 0 Å². The van der Waals surface area contributed by atoms with Gasteiger partial charge in [-0.1, -0.05) is 60.4 Å². The van der Waals surface area contributed by atoms with Gasteiger partial charge in [0.25, 0.3) is 0 Å². The lowest BCUT2D eigenvalue weighted by atomic mass is 10.3. The zero-order valence-electron chi connectivity index (χ0n) is 10.6. The van der Waals surface area contributed by atoms with Crippen molar-refractivity contribution in [2.45, 2.75) is 53.4 Å². The van der Waals surface area contributed by atoms with Gasteiger partial charge < -0.3 is 0 Å². The van der Waals surface area contributed by atoms with Gasteiger partial charge in [0.15, 0.2) is 0 Å². The van der Waals surface area contributed by atoms with Gasteiger partial charge in [-0.05, 0) is 56.2 Å². The molecule has 0 fully saturated rings. The van der Waals surface area contributed by atoms with Crippen LogP contribution in [0.25, 0.3) is 0 Å². The van der Waals surface area contributed by atoms with E-state index in [4.69, 9.17) is 0 Å². The van der Waals surface area contributed by atoms with Crippen molar-refractivity contribution in [1.82, 2.24) is 0 Å². The smallest absolute Gasteiger partial charge is 0.00761 e. The Kier molecular flexibility index (Phi) is 13.0. The molecule has 0 bridgehead atoms. The Labute approximate surface area is 116 Å². The molecule has 0 radical (unpaired) electrons. The highest BCUT2D eigenvalue weighted by molar-refractivity contribution is 9.26. The normalized spacial score (nSPS) is 13.2. The molecule has 94 valence electrons. The van der Waals surface area contributed by atoms with E-state index in [1.165, 1.54) is 35.5 Å². The molecule has 0 saturated heterocycles. The predicted octanol–water partition coefficient (Wildman–Crippen LogP) is 7.07. The number of hydrogen-bond donors (Lipinski definition) is 0. The topological polar surface area (TPSA) is 0 Å². The van der Waals surface area contributed by atoms with Gasteiger partial charge in [0.1, 0.15) is 0 Å². The summed E-state index contributed by atoms with van der Waals surface area (Å²) in [6.45, 7) is 8.72. The van der Waals surface area contributed by atoms with E-state index in [1.54, 1.807) is 0 Å². The Morgan fingerprint density at radius 3 is 1.44 bits per heavy atom. The lowest BCUT2D eigenvalue weighted by Crippen LogP contribution is -1.72. The van der Waals surface area contributed by atoms with Crippen LogP contribution in [0.15, 0.2) is 22.0 Å². The molecule has 0 N–H and O–H groups in total. The monoisotopic (exact) mass is 294 g/mol. The Balaban J connectivity index is 3.66. The predicted molar refractivity (Wildman–Crippen MR) is 87.7 cm³/mol. The van der Waals surface area contributed by atoms with Crippen molar-refractivity contribution in [2.24, 2.45) is 0 Å². The van der Waals surface area contributed by atoms with Crippen LogP contribution in [-0.2, 0) is 0 Å². The molecule has 0 aliphatic carbocycles. The summed E-state index contributed by atoms with van der Waals surface area (Å²) in [5.41, 5.74) is 0. The number of hydrogen-bond acceptors (Lipinski definition) is 4. The highest BCUT2D eigenvalue weighted by atomic mass is 33.7. The Bertz CT molecular complexity index is 197. The van der Waals surface area contributed by atoms with Gasteiger partial charge in [-0.2, -0.15) is 0 Å².